The maximum Gasteiger partial charge on any atom is 0.306 e. The van der Waals surface area contributed by atoms with E-state index in [1.165, 1.54) is 25.7 Å². The average molecular weight is 275 g/mol. The van der Waals surface area contributed by atoms with Crippen molar-refractivity contribution in [2.24, 2.45) is 0 Å². The molecule has 1 heterocycles. The molecule has 0 aliphatic rings. The molecule has 0 saturated carbocycles. The Bertz CT molecular complexity index is 376. The molecule has 0 aliphatic heterocycles. The third-order valence-electron chi connectivity index (χ3n) is 3.16. The number of carbonyl (C=O) groups excluding carboxylic acids is 1. The molecule has 0 unspecified atom stereocenters. The van der Waals surface area contributed by atoms with E-state index in [0.717, 1.165) is 24.8 Å². The van der Waals surface area contributed by atoms with E-state index in [9.17, 15) is 4.79 Å². The highest BCUT2D eigenvalue weighted by molar-refractivity contribution is 5.69. The van der Waals surface area contributed by atoms with Gasteiger partial charge in [-0.2, -0.15) is 0 Å². The van der Waals surface area contributed by atoms with E-state index in [1.807, 2.05) is 18.2 Å². The number of unbranched alkanes of at least 4 members (excludes halogenated alkanes) is 6. The predicted octanol–water partition coefficient (Wildman–Crippen LogP) is 4.43. The Labute approximate surface area is 122 Å². The van der Waals surface area contributed by atoms with Crippen LogP contribution in [0.5, 0.6) is 0 Å². The summed E-state index contributed by atoms with van der Waals surface area (Å²) in [5, 5.41) is 0. The van der Waals surface area contributed by atoms with E-state index in [0.29, 0.717) is 13.0 Å². The zero-order chi connectivity index (χ0) is 14.5. The Kier molecular flexibility index (Phi) is 9.20. The number of allylic oxidation sites excluding steroid dienone is 1. The normalized spacial score (nSPS) is 10.2. The number of nitrogens with zero attached hydrogens (tertiary/aromatic N) is 1. The van der Waals surface area contributed by atoms with E-state index in [-0.39, 0.29) is 5.97 Å². The van der Waals surface area contributed by atoms with Gasteiger partial charge in [0.2, 0.25) is 0 Å². The van der Waals surface area contributed by atoms with Gasteiger partial charge in [0.1, 0.15) is 6.61 Å². The van der Waals surface area contributed by atoms with Gasteiger partial charge < -0.3 is 4.74 Å². The standard InChI is InChI=1S/C17H25NO2/c1-2-3-4-5-6-7-8-9-12-17(19)20-15-16-11-10-13-18-14-16/h2,10-11,13-14H,1,3-9,12,15H2. The third-order valence-corrected chi connectivity index (χ3v) is 3.16. The Morgan fingerprint density at radius 3 is 2.65 bits per heavy atom. The molecule has 0 atom stereocenters. The number of pyridine rings is 1. The van der Waals surface area contributed by atoms with Crippen molar-refractivity contribution in [1.29, 1.82) is 0 Å². The average Bonchev–Trinajstić information content (AvgIpc) is 2.49. The zero-order valence-corrected chi connectivity index (χ0v) is 12.2. The first kappa shape index (κ1) is 16.4. The van der Waals surface area contributed by atoms with E-state index in [2.05, 4.69) is 11.6 Å². The minimum Gasteiger partial charge on any atom is -0.461 e. The second kappa shape index (κ2) is 11.2. The van der Waals surface area contributed by atoms with Crippen molar-refractivity contribution >= 4 is 5.97 Å². The maximum absolute atomic E-state index is 11.5. The first-order chi connectivity index (χ1) is 9.83. The molecule has 0 amide bonds. The summed E-state index contributed by atoms with van der Waals surface area (Å²) in [5.41, 5.74) is 0.933. The van der Waals surface area contributed by atoms with Gasteiger partial charge in [-0.15, -0.1) is 6.58 Å². The van der Waals surface area contributed by atoms with Gasteiger partial charge in [0, 0.05) is 24.4 Å². The summed E-state index contributed by atoms with van der Waals surface area (Å²) in [6.07, 6.45) is 14.0. The summed E-state index contributed by atoms with van der Waals surface area (Å²) in [6.45, 7) is 4.04. The second-order valence-corrected chi connectivity index (χ2v) is 4.97. The van der Waals surface area contributed by atoms with Gasteiger partial charge in [0.05, 0.1) is 0 Å². The molecule has 1 rings (SSSR count). The fourth-order valence-corrected chi connectivity index (χ4v) is 1.98. The lowest BCUT2D eigenvalue weighted by Crippen LogP contribution is -2.04. The minimum absolute atomic E-state index is 0.111. The molecule has 0 bridgehead atoms. The molecule has 1 aromatic rings. The highest BCUT2D eigenvalue weighted by Gasteiger charge is 2.03. The highest BCUT2D eigenvalue weighted by Crippen LogP contribution is 2.09. The summed E-state index contributed by atoms with van der Waals surface area (Å²) in [7, 11) is 0. The van der Waals surface area contributed by atoms with E-state index < -0.39 is 0 Å². The van der Waals surface area contributed by atoms with Gasteiger partial charge >= 0.3 is 5.97 Å². The largest absolute Gasteiger partial charge is 0.461 e. The molecule has 3 nitrogen and oxygen atoms in total. The molecule has 0 aliphatic carbocycles. The number of aromatic nitrogens is 1. The Morgan fingerprint density at radius 2 is 1.95 bits per heavy atom. The van der Waals surface area contributed by atoms with Crippen LogP contribution in [0.1, 0.15) is 56.9 Å². The molecule has 0 N–H and O–H groups in total. The van der Waals surface area contributed by atoms with Crippen LogP contribution in [0.25, 0.3) is 0 Å². The molecule has 0 fully saturated rings. The van der Waals surface area contributed by atoms with Gasteiger partial charge in [-0.3, -0.25) is 9.78 Å². The Hall–Kier alpha value is -1.64. The molecular formula is C17H25NO2. The zero-order valence-electron chi connectivity index (χ0n) is 12.2. The van der Waals surface area contributed by atoms with Crippen LogP contribution in [0.2, 0.25) is 0 Å². The number of hydrogen-bond acceptors (Lipinski definition) is 3. The SMILES string of the molecule is C=CCCCCCCCCC(=O)OCc1cccnc1. The third kappa shape index (κ3) is 8.46. The summed E-state index contributed by atoms with van der Waals surface area (Å²) in [4.78, 5) is 15.5. The first-order valence-corrected chi connectivity index (χ1v) is 7.48. The van der Waals surface area contributed by atoms with Crippen molar-refractivity contribution in [2.45, 2.75) is 58.0 Å². The molecule has 1 aromatic heterocycles. The summed E-state index contributed by atoms with van der Waals surface area (Å²) < 4.78 is 5.20. The van der Waals surface area contributed by atoms with Crippen molar-refractivity contribution in [3.63, 3.8) is 0 Å². The number of hydrogen-bond donors (Lipinski definition) is 0. The van der Waals surface area contributed by atoms with Crippen LogP contribution in [0.15, 0.2) is 37.2 Å². The summed E-state index contributed by atoms with van der Waals surface area (Å²) in [5.74, 6) is -0.111. The van der Waals surface area contributed by atoms with Gasteiger partial charge in [-0.1, -0.05) is 37.8 Å². The van der Waals surface area contributed by atoms with Crippen LogP contribution < -0.4 is 0 Å². The van der Waals surface area contributed by atoms with E-state index >= 15 is 0 Å². The second-order valence-electron chi connectivity index (χ2n) is 4.97. The van der Waals surface area contributed by atoms with E-state index in [1.54, 1.807) is 12.4 Å². The molecular weight excluding hydrogens is 250 g/mol. The van der Waals surface area contributed by atoms with Gasteiger partial charge in [0.25, 0.3) is 0 Å². The topological polar surface area (TPSA) is 39.2 Å². The lowest BCUT2D eigenvalue weighted by molar-refractivity contribution is -0.145. The highest BCUT2D eigenvalue weighted by atomic mass is 16.5. The van der Waals surface area contributed by atoms with Crippen LogP contribution in [-0.2, 0) is 16.1 Å². The molecule has 0 aromatic carbocycles. The fourth-order valence-electron chi connectivity index (χ4n) is 1.98. The van der Waals surface area contributed by atoms with Crippen molar-refractivity contribution in [2.75, 3.05) is 0 Å². The van der Waals surface area contributed by atoms with Crippen molar-refractivity contribution in [3.8, 4) is 0 Å². The lowest BCUT2D eigenvalue weighted by Gasteiger charge is -2.04. The van der Waals surface area contributed by atoms with Crippen molar-refractivity contribution in [3.05, 3.63) is 42.7 Å². The monoisotopic (exact) mass is 275 g/mol. The van der Waals surface area contributed by atoms with Crippen LogP contribution in [-0.4, -0.2) is 11.0 Å². The van der Waals surface area contributed by atoms with E-state index in [4.69, 9.17) is 4.74 Å². The number of esters is 1. The predicted molar refractivity (Wildman–Crippen MR) is 81.2 cm³/mol. The fraction of sp³-hybridized carbons (Fsp3) is 0.529. The molecule has 3 heteroatoms. The summed E-state index contributed by atoms with van der Waals surface area (Å²) in [6, 6.07) is 3.75. The number of carbonyl (C=O) groups is 1. The molecule has 0 saturated heterocycles. The molecule has 0 radical (unpaired) electrons. The molecule has 110 valence electrons. The van der Waals surface area contributed by atoms with Crippen LogP contribution in [0.4, 0.5) is 0 Å². The van der Waals surface area contributed by atoms with Crippen molar-refractivity contribution < 1.29 is 9.53 Å². The van der Waals surface area contributed by atoms with Gasteiger partial charge in [-0.05, 0) is 25.3 Å². The van der Waals surface area contributed by atoms with Crippen LogP contribution >= 0.6 is 0 Å². The van der Waals surface area contributed by atoms with Crippen molar-refractivity contribution in [1.82, 2.24) is 4.98 Å². The quantitative estimate of drug-likeness (QED) is 0.340. The Balaban J connectivity index is 1.94. The van der Waals surface area contributed by atoms with Gasteiger partial charge in [0.15, 0.2) is 0 Å². The number of rotatable bonds is 11. The van der Waals surface area contributed by atoms with Gasteiger partial charge in [-0.25, -0.2) is 0 Å². The summed E-state index contributed by atoms with van der Waals surface area (Å²) >= 11 is 0. The maximum atomic E-state index is 11.5. The molecule has 0 spiro atoms. The number of ether oxygens (including phenoxy) is 1. The smallest absolute Gasteiger partial charge is 0.306 e. The minimum atomic E-state index is -0.111. The van der Waals surface area contributed by atoms with Crippen LogP contribution in [0.3, 0.4) is 0 Å². The Morgan fingerprint density at radius 1 is 1.20 bits per heavy atom. The first-order valence-electron chi connectivity index (χ1n) is 7.48. The lowest BCUT2D eigenvalue weighted by atomic mass is 10.1. The van der Waals surface area contributed by atoms with Crippen LogP contribution in [0, 0.1) is 0 Å². The molecule has 20 heavy (non-hydrogen) atoms.